The highest BCUT2D eigenvalue weighted by atomic mass is 16.2. The second-order valence-corrected chi connectivity index (χ2v) is 5.58. The average Bonchev–Trinajstić information content (AvgIpc) is 2.77. The Bertz CT molecular complexity index is 431. The van der Waals surface area contributed by atoms with Crippen LogP contribution in [0.5, 0.6) is 0 Å². The molecule has 1 aromatic rings. The summed E-state index contributed by atoms with van der Waals surface area (Å²) < 4.78 is 0. The fourth-order valence-electron chi connectivity index (χ4n) is 3.12. The number of hydrogen-bond acceptors (Lipinski definition) is 2. The number of rotatable bonds is 2. The summed E-state index contributed by atoms with van der Waals surface area (Å²) in [6.07, 6.45) is 0. The lowest BCUT2D eigenvalue weighted by molar-refractivity contribution is -0.123. The Kier molecular flexibility index (Phi) is 2.44. The molecule has 0 aromatic heterocycles. The summed E-state index contributed by atoms with van der Waals surface area (Å²) in [6.45, 7) is 5.94. The minimum atomic E-state index is 0.145. The van der Waals surface area contributed by atoms with E-state index in [0.29, 0.717) is 0 Å². The lowest BCUT2D eigenvalue weighted by Crippen LogP contribution is -2.30. The van der Waals surface area contributed by atoms with Gasteiger partial charge in [0.25, 0.3) is 0 Å². The largest absolute Gasteiger partial charge is 0.355 e. The molecular weight excluding hydrogens is 212 g/mol. The zero-order valence-electron chi connectivity index (χ0n) is 10.1. The molecular formula is C14H18N2O. The topological polar surface area (TPSA) is 32.3 Å². The van der Waals surface area contributed by atoms with Gasteiger partial charge in [-0.15, -0.1) is 0 Å². The quantitative estimate of drug-likeness (QED) is 0.829. The number of carbonyl (C=O) groups excluding carboxylic acids is 1. The molecule has 0 radical (unpaired) electrons. The van der Waals surface area contributed by atoms with E-state index in [9.17, 15) is 4.79 Å². The molecule has 90 valence electrons. The van der Waals surface area contributed by atoms with Gasteiger partial charge < -0.3 is 5.32 Å². The molecule has 2 atom stereocenters. The summed E-state index contributed by atoms with van der Waals surface area (Å²) in [4.78, 5) is 14.1. The Morgan fingerprint density at radius 3 is 2.88 bits per heavy atom. The van der Waals surface area contributed by atoms with Crippen LogP contribution in [-0.2, 0) is 11.3 Å². The van der Waals surface area contributed by atoms with E-state index in [1.807, 2.05) is 6.07 Å². The van der Waals surface area contributed by atoms with Gasteiger partial charge in [0.2, 0.25) is 5.91 Å². The van der Waals surface area contributed by atoms with Gasteiger partial charge in [0.15, 0.2) is 0 Å². The van der Waals surface area contributed by atoms with Crippen LogP contribution in [0.2, 0.25) is 0 Å². The van der Waals surface area contributed by atoms with Crippen molar-refractivity contribution < 1.29 is 4.79 Å². The molecule has 0 spiro atoms. The van der Waals surface area contributed by atoms with Gasteiger partial charge in [-0.3, -0.25) is 9.69 Å². The number of fused-ring (bicyclic) bond motifs is 1. The van der Waals surface area contributed by atoms with Gasteiger partial charge in [-0.1, -0.05) is 37.3 Å². The first-order valence-electron chi connectivity index (χ1n) is 6.21. The molecule has 1 amide bonds. The Balaban J connectivity index is 1.71. The predicted octanol–water partition coefficient (Wildman–Crippen LogP) is 1.25. The van der Waals surface area contributed by atoms with Crippen LogP contribution in [0.4, 0.5) is 0 Å². The van der Waals surface area contributed by atoms with E-state index in [-0.39, 0.29) is 17.2 Å². The van der Waals surface area contributed by atoms with E-state index in [0.717, 1.165) is 26.2 Å². The number of amides is 1. The first kappa shape index (κ1) is 10.8. The first-order chi connectivity index (χ1) is 8.17. The van der Waals surface area contributed by atoms with E-state index in [2.05, 4.69) is 41.4 Å². The van der Waals surface area contributed by atoms with E-state index in [1.165, 1.54) is 5.56 Å². The monoisotopic (exact) mass is 230 g/mol. The lowest BCUT2D eigenvalue weighted by atomic mass is 9.83. The minimum Gasteiger partial charge on any atom is -0.355 e. The van der Waals surface area contributed by atoms with Crippen LogP contribution in [0.15, 0.2) is 30.3 Å². The molecule has 2 aliphatic heterocycles. The standard InChI is InChI=1S/C14H18N2O/c1-14-9-15-13(17)12(14)8-16(10-14)7-11-5-3-2-4-6-11/h2-6,12H,7-10H2,1H3,(H,15,17)/t12-,14-/m1/s1. The van der Waals surface area contributed by atoms with Crippen molar-refractivity contribution in [2.75, 3.05) is 19.6 Å². The normalized spacial score (nSPS) is 32.5. The number of likely N-dealkylation sites (tertiary alicyclic amines) is 1. The van der Waals surface area contributed by atoms with Crippen LogP contribution in [0.25, 0.3) is 0 Å². The number of nitrogens with zero attached hydrogens (tertiary/aromatic N) is 1. The van der Waals surface area contributed by atoms with Gasteiger partial charge in [-0.2, -0.15) is 0 Å². The molecule has 17 heavy (non-hydrogen) atoms. The van der Waals surface area contributed by atoms with Crippen LogP contribution in [0, 0.1) is 11.3 Å². The van der Waals surface area contributed by atoms with Crippen molar-refractivity contribution in [1.29, 1.82) is 0 Å². The molecule has 2 aliphatic rings. The Hall–Kier alpha value is -1.35. The smallest absolute Gasteiger partial charge is 0.225 e. The minimum absolute atomic E-state index is 0.145. The summed E-state index contributed by atoms with van der Waals surface area (Å²) in [7, 11) is 0. The molecule has 0 bridgehead atoms. The highest BCUT2D eigenvalue weighted by Crippen LogP contribution is 2.39. The fourth-order valence-corrected chi connectivity index (χ4v) is 3.12. The first-order valence-corrected chi connectivity index (χ1v) is 6.21. The number of benzene rings is 1. The molecule has 0 saturated carbocycles. The van der Waals surface area contributed by atoms with Crippen molar-refractivity contribution in [3.05, 3.63) is 35.9 Å². The van der Waals surface area contributed by atoms with Crippen molar-refractivity contribution in [3.8, 4) is 0 Å². The van der Waals surface area contributed by atoms with Crippen LogP contribution in [-0.4, -0.2) is 30.4 Å². The SMILES string of the molecule is C[C@]12CNC(=O)[C@H]1CN(Cc1ccccc1)C2. The van der Waals surface area contributed by atoms with Crippen molar-refractivity contribution >= 4 is 5.91 Å². The lowest BCUT2D eigenvalue weighted by Gasteiger charge is -2.21. The van der Waals surface area contributed by atoms with Crippen LogP contribution >= 0.6 is 0 Å². The fraction of sp³-hybridized carbons (Fsp3) is 0.500. The van der Waals surface area contributed by atoms with Gasteiger partial charge in [-0.25, -0.2) is 0 Å². The van der Waals surface area contributed by atoms with Crippen LogP contribution < -0.4 is 5.32 Å². The van der Waals surface area contributed by atoms with Gasteiger partial charge >= 0.3 is 0 Å². The van der Waals surface area contributed by atoms with Crippen molar-refractivity contribution in [2.24, 2.45) is 11.3 Å². The van der Waals surface area contributed by atoms with E-state index < -0.39 is 0 Å². The summed E-state index contributed by atoms with van der Waals surface area (Å²) in [5, 5.41) is 2.98. The summed E-state index contributed by atoms with van der Waals surface area (Å²) in [6, 6.07) is 10.5. The molecule has 2 saturated heterocycles. The summed E-state index contributed by atoms with van der Waals surface area (Å²) in [5.41, 5.74) is 1.47. The number of hydrogen-bond donors (Lipinski definition) is 1. The maximum Gasteiger partial charge on any atom is 0.225 e. The molecule has 3 heteroatoms. The number of carbonyl (C=O) groups is 1. The average molecular weight is 230 g/mol. The second-order valence-electron chi connectivity index (χ2n) is 5.58. The maximum absolute atomic E-state index is 11.7. The third-order valence-corrected chi connectivity index (χ3v) is 4.10. The molecule has 0 aliphatic carbocycles. The van der Waals surface area contributed by atoms with E-state index in [4.69, 9.17) is 0 Å². The third-order valence-electron chi connectivity index (χ3n) is 4.10. The zero-order valence-corrected chi connectivity index (χ0v) is 10.1. The van der Waals surface area contributed by atoms with E-state index >= 15 is 0 Å². The Morgan fingerprint density at radius 1 is 1.41 bits per heavy atom. The molecule has 3 nitrogen and oxygen atoms in total. The molecule has 3 rings (SSSR count). The van der Waals surface area contributed by atoms with Gasteiger partial charge in [0.05, 0.1) is 5.92 Å². The van der Waals surface area contributed by atoms with Crippen LogP contribution in [0.1, 0.15) is 12.5 Å². The third kappa shape index (κ3) is 1.84. The molecule has 2 fully saturated rings. The van der Waals surface area contributed by atoms with Gasteiger partial charge in [0, 0.05) is 31.6 Å². The number of nitrogens with one attached hydrogen (secondary N) is 1. The second kappa shape index (κ2) is 3.84. The van der Waals surface area contributed by atoms with Crippen molar-refractivity contribution in [2.45, 2.75) is 13.5 Å². The van der Waals surface area contributed by atoms with Crippen molar-refractivity contribution in [3.63, 3.8) is 0 Å². The molecule has 1 N–H and O–H groups in total. The Morgan fingerprint density at radius 2 is 2.18 bits per heavy atom. The highest BCUT2D eigenvalue weighted by Gasteiger charge is 2.50. The highest BCUT2D eigenvalue weighted by molar-refractivity contribution is 5.82. The maximum atomic E-state index is 11.7. The van der Waals surface area contributed by atoms with Gasteiger partial charge in [-0.05, 0) is 5.56 Å². The van der Waals surface area contributed by atoms with E-state index in [1.54, 1.807) is 0 Å². The molecule has 1 aromatic carbocycles. The summed E-state index contributed by atoms with van der Waals surface area (Å²) >= 11 is 0. The zero-order chi connectivity index (χ0) is 11.9. The molecule has 2 heterocycles. The summed E-state index contributed by atoms with van der Waals surface area (Å²) in [5.74, 6) is 0.425. The predicted molar refractivity (Wildman–Crippen MR) is 66.3 cm³/mol. The van der Waals surface area contributed by atoms with Gasteiger partial charge in [0.1, 0.15) is 0 Å². The van der Waals surface area contributed by atoms with Crippen molar-refractivity contribution in [1.82, 2.24) is 10.2 Å². The van der Waals surface area contributed by atoms with Crippen LogP contribution in [0.3, 0.4) is 0 Å². The molecule has 0 unspecified atom stereocenters. The Labute approximate surface area is 102 Å².